The van der Waals surface area contributed by atoms with Crippen molar-refractivity contribution in [3.05, 3.63) is 29.3 Å². The van der Waals surface area contributed by atoms with E-state index in [-0.39, 0.29) is 18.7 Å². The van der Waals surface area contributed by atoms with Crippen molar-refractivity contribution in [2.24, 2.45) is 0 Å². The second-order valence-electron chi connectivity index (χ2n) is 4.78. The minimum atomic E-state index is -0.358. The molecule has 19 heavy (non-hydrogen) atoms. The summed E-state index contributed by atoms with van der Waals surface area (Å²) < 4.78 is 10.4. The first kappa shape index (κ1) is 13.9. The van der Waals surface area contributed by atoms with Gasteiger partial charge in [-0.2, -0.15) is 0 Å². The number of esters is 1. The Kier molecular flexibility index (Phi) is 4.80. The first-order valence-corrected chi connectivity index (χ1v) is 6.80. The SMILES string of the molecule is CCCCOC(=O)COc1ccc2c(c1)CC[C@H]2O. The number of carbonyl (C=O) groups is 1. The molecule has 0 aromatic heterocycles. The number of benzene rings is 1. The monoisotopic (exact) mass is 264 g/mol. The molecule has 4 heteroatoms. The summed E-state index contributed by atoms with van der Waals surface area (Å²) in [6, 6.07) is 5.54. The Morgan fingerprint density at radius 1 is 1.47 bits per heavy atom. The first-order valence-electron chi connectivity index (χ1n) is 6.80. The molecule has 2 rings (SSSR count). The normalized spacial score (nSPS) is 17.1. The van der Waals surface area contributed by atoms with Gasteiger partial charge in [-0.15, -0.1) is 0 Å². The fraction of sp³-hybridized carbons (Fsp3) is 0.533. The molecule has 0 saturated carbocycles. The molecule has 1 aliphatic carbocycles. The van der Waals surface area contributed by atoms with Crippen LogP contribution in [-0.2, 0) is 16.0 Å². The fourth-order valence-electron chi connectivity index (χ4n) is 2.18. The van der Waals surface area contributed by atoms with Crippen LogP contribution in [0.3, 0.4) is 0 Å². The Morgan fingerprint density at radius 3 is 3.11 bits per heavy atom. The zero-order valence-corrected chi connectivity index (χ0v) is 11.2. The molecule has 0 radical (unpaired) electrons. The van der Waals surface area contributed by atoms with Crippen molar-refractivity contribution in [1.29, 1.82) is 0 Å². The van der Waals surface area contributed by atoms with Crippen molar-refractivity contribution in [2.75, 3.05) is 13.2 Å². The topological polar surface area (TPSA) is 55.8 Å². The third kappa shape index (κ3) is 3.70. The molecule has 1 aromatic carbocycles. The number of aliphatic hydroxyl groups excluding tert-OH is 1. The highest BCUT2D eigenvalue weighted by atomic mass is 16.6. The summed E-state index contributed by atoms with van der Waals surface area (Å²) in [4.78, 5) is 11.4. The van der Waals surface area contributed by atoms with Crippen molar-refractivity contribution >= 4 is 5.97 Å². The van der Waals surface area contributed by atoms with Crippen LogP contribution in [0.2, 0.25) is 0 Å². The number of ether oxygens (including phenoxy) is 2. The molecule has 0 saturated heterocycles. The number of hydrogen-bond acceptors (Lipinski definition) is 4. The smallest absolute Gasteiger partial charge is 0.344 e. The van der Waals surface area contributed by atoms with Gasteiger partial charge in [-0.3, -0.25) is 0 Å². The highest BCUT2D eigenvalue weighted by Gasteiger charge is 2.20. The Balaban J connectivity index is 1.82. The number of carbonyl (C=O) groups excluding carboxylic acids is 1. The van der Waals surface area contributed by atoms with Crippen LogP contribution in [0.15, 0.2) is 18.2 Å². The molecule has 1 atom stereocenters. The summed E-state index contributed by atoms with van der Waals surface area (Å²) in [7, 11) is 0. The van der Waals surface area contributed by atoms with E-state index in [1.807, 2.05) is 19.1 Å². The molecule has 1 aromatic rings. The average molecular weight is 264 g/mol. The van der Waals surface area contributed by atoms with Crippen molar-refractivity contribution < 1.29 is 19.4 Å². The van der Waals surface area contributed by atoms with Gasteiger partial charge in [0, 0.05) is 0 Å². The van der Waals surface area contributed by atoms with Crippen LogP contribution in [0, 0.1) is 0 Å². The quantitative estimate of drug-likeness (QED) is 0.633. The second-order valence-corrected chi connectivity index (χ2v) is 4.78. The fourth-order valence-corrected chi connectivity index (χ4v) is 2.18. The van der Waals surface area contributed by atoms with E-state index < -0.39 is 0 Å². The number of unbranched alkanes of at least 4 members (excludes halogenated alkanes) is 1. The van der Waals surface area contributed by atoms with Crippen molar-refractivity contribution in [2.45, 2.75) is 38.7 Å². The van der Waals surface area contributed by atoms with E-state index in [9.17, 15) is 9.90 Å². The predicted molar refractivity (Wildman–Crippen MR) is 71.1 cm³/mol. The Hall–Kier alpha value is -1.55. The lowest BCUT2D eigenvalue weighted by atomic mass is 10.1. The van der Waals surface area contributed by atoms with Gasteiger partial charge in [0.05, 0.1) is 12.7 Å². The maximum atomic E-state index is 11.4. The van der Waals surface area contributed by atoms with Gasteiger partial charge < -0.3 is 14.6 Å². The van der Waals surface area contributed by atoms with Crippen LogP contribution in [0.25, 0.3) is 0 Å². The molecule has 1 N–H and O–H groups in total. The lowest BCUT2D eigenvalue weighted by Gasteiger charge is -2.09. The van der Waals surface area contributed by atoms with E-state index in [4.69, 9.17) is 9.47 Å². The first-order chi connectivity index (χ1) is 9.20. The van der Waals surface area contributed by atoms with Crippen LogP contribution in [0.5, 0.6) is 5.75 Å². The minimum absolute atomic E-state index is 0.0644. The Labute approximate surface area is 113 Å². The molecule has 0 amide bonds. The minimum Gasteiger partial charge on any atom is -0.482 e. The molecule has 0 aliphatic heterocycles. The molecule has 104 valence electrons. The van der Waals surface area contributed by atoms with Crippen molar-refractivity contribution in [3.8, 4) is 5.75 Å². The van der Waals surface area contributed by atoms with Crippen LogP contribution in [0.1, 0.15) is 43.4 Å². The van der Waals surface area contributed by atoms with Gasteiger partial charge in [0.1, 0.15) is 5.75 Å². The lowest BCUT2D eigenvalue weighted by Crippen LogP contribution is -2.15. The molecule has 0 unspecified atom stereocenters. The lowest BCUT2D eigenvalue weighted by molar-refractivity contribution is -0.146. The zero-order chi connectivity index (χ0) is 13.7. The van der Waals surface area contributed by atoms with E-state index in [0.29, 0.717) is 12.4 Å². The number of hydrogen-bond donors (Lipinski definition) is 1. The zero-order valence-electron chi connectivity index (χ0n) is 11.2. The maximum absolute atomic E-state index is 11.4. The van der Waals surface area contributed by atoms with E-state index in [1.54, 1.807) is 6.07 Å². The van der Waals surface area contributed by atoms with Crippen LogP contribution < -0.4 is 4.74 Å². The molecule has 0 heterocycles. The van der Waals surface area contributed by atoms with Crippen molar-refractivity contribution in [1.82, 2.24) is 0 Å². The number of aryl methyl sites for hydroxylation is 1. The number of rotatable bonds is 6. The second kappa shape index (κ2) is 6.57. The molecule has 0 fully saturated rings. The summed E-state index contributed by atoms with van der Waals surface area (Å²) in [6.07, 6.45) is 3.14. The Morgan fingerprint density at radius 2 is 2.32 bits per heavy atom. The summed E-state index contributed by atoms with van der Waals surface area (Å²) in [6.45, 7) is 2.43. The molecule has 1 aliphatic rings. The molecular formula is C15H20O4. The highest BCUT2D eigenvalue weighted by molar-refractivity contribution is 5.71. The Bertz CT molecular complexity index is 442. The summed E-state index contributed by atoms with van der Waals surface area (Å²) in [5, 5.41) is 9.70. The highest BCUT2D eigenvalue weighted by Crippen LogP contribution is 2.33. The molecular weight excluding hydrogens is 244 g/mol. The van der Waals surface area contributed by atoms with Gasteiger partial charge >= 0.3 is 5.97 Å². The van der Waals surface area contributed by atoms with Gasteiger partial charge in [-0.25, -0.2) is 4.79 Å². The third-order valence-corrected chi connectivity index (χ3v) is 3.28. The van der Waals surface area contributed by atoms with Crippen LogP contribution in [0.4, 0.5) is 0 Å². The summed E-state index contributed by atoms with van der Waals surface area (Å²) >= 11 is 0. The van der Waals surface area contributed by atoms with Gasteiger partial charge in [0.15, 0.2) is 6.61 Å². The largest absolute Gasteiger partial charge is 0.482 e. The van der Waals surface area contributed by atoms with Gasteiger partial charge in [-0.1, -0.05) is 19.4 Å². The van der Waals surface area contributed by atoms with E-state index in [0.717, 1.165) is 36.8 Å². The molecule has 4 nitrogen and oxygen atoms in total. The number of fused-ring (bicyclic) bond motifs is 1. The molecule has 0 bridgehead atoms. The summed E-state index contributed by atoms with van der Waals surface area (Å²) in [5.41, 5.74) is 2.07. The van der Waals surface area contributed by atoms with Gasteiger partial charge in [0.25, 0.3) is 0 Å². The predicted octanol–water partition coefficient (Wildman–Crippen LogP) is 2.39. The average Bonchev–Trinajstić information content (AvgIpc) is 2.78. The van der Waals surface area contributed by atoms with Crippen molar-refractivity contribution in [3.63, 3.8) is 0 Å². The summed E-state index contributed by atoms with van der Waals surface area (Å²) in [5.74, 6) is 0.314. The van der Waals surface area contributed by atoms with E-state index in [2.05, 4.69) is 0 Å². The standard InChI is InChI=1S/C15H20O4/c1-2-3-8-18-15(17)10-19-12-5-6-13-11(9-12)4-7-14(13)16/h5-6,9,14,16H,2-4,7-8,10H2,1H3/t14-/m1/s1. The maximum Gasteiger partial charge on any atom is 0.344 e. The van der Waals surface area contributed by atoms with Crippen LogP contribution in [-0.4, -0.2) is 24.3 Å². The number of aliphatic hydroxyl groups is 1. The third-order valence-electron chi connectivity index (χ3n) is 3.28. The molecule has 0 spiro atoms. The van der Waals surface area contributed by atoms with Gasteiger partial charge in [0.2, 0.25) is 0 Å². The van der Waals surface area contributed by atoms with Crippen LogP contribution >= 0.6 is 0 Å². The van der Waals surface area contributed by atoms with Gasteiger partial charge in [-0.05, 0) is 42.5 Å². The van der Waals surface area contributed by atoms with E-state index in [1.165, 1.54) is 0 Å². The van der Waals surface area contributed by atoms with E-state index >= 15 is 0 Å².